The summed E-state index contributed by atoms with van der Waals surface area (Å²) in [6, 6.07) is 0.447. The van der Waals surface area contributed by atoms with Crippen molar-refractivity contribution >= 4 is 5.91 Å². The Morgan fingerprint density at radius 3 is 2.68 bits per heavy atom. The number of amides is 1. The first-order valence-electron chi connectivity index (χ1n) is 8.66. The van der Waals surface area contributed by atoms with Gasteiger partial charge in [0, 0.05) is 37.1 Å². The maximum Gasteiger partial charge on any atom is 0.243 e. The van der Waals surface area contributed by atoms with Gasteiger partial charge in [0.25, 0.3) is 0 Å². The summed E-state index contributed by atoms with van der Waals surface area (Å²) in [6.07, 6.45) is 4.40. The first kappa shape index (κ1) is 16.2. The Morgan fingerprint density at radius 1 is 1.27 bits per heavy atom. The number of nitrogens with zero attached hydrogens (tertiary/aromatic N) is 2. The van der Waals surface area contributed by atoms with Crippen LogP contribution in [0.2, 0.25) is 0 Å². The van der Waals surface area contributed by atoms with Crippen molar-refractivity contribution in [2.24, 2.45) is 17.1 Å². The van der Waals surface area contributed by atoms with Crippen LogP contribution in [0.4, 0.5) is 0 Å². The van der Waals surface area contributed by atoms with Crippen LogP contribution in [0.5, 0.6) is 0 Å². The predicted octanol–water partition coefficient (Wildman–Crippen LogP) is 1.07. The number of fused-ring (bicyclic) bond motifs is 1. The number of ether oxygens (including phenoxy) is 1. The minimum atomic E-state index is -0.758. The van der Waals surface area contributed by atoms with Gasteiger partial charge in [0.15, 0.2) is 0 Å². The minimum Gasteiger partial charge on any atom is -0.377 e. The molecule has 1 amide bonds. The highest BCUT2D eigenvalue weighted by molar-refractivity contribution is 5.89. The average Bonchev–Trinajstić information content (AvgIpc) is 2.53. The third kappa shape index (κ3) is 2.13. The number of piperidine rings is 1. The molecule has 5 nitrogen and oxygen atoms in total. The van der Waals surface area contributed by atoms with Gasteiger partial charge in [-0.2, -0.15) is 0 Å². The van der Waals surface area contributed by atoms with Crippen LogP contribution in [0.3, 0.4) is 0 Å². The molecular formula is C17H31N3O2. The summed E-state index contributed by atoms with van der Waals surface area (Å²) in [5.74, 6) is 0.333. The Bertz CT molecular complexity index is 451. The Labute approximate surface area is 134 Å². The lowest BCUT2D eigenvalue weighted by Gasteiger charge is -2.66. The minimum absolute atomic E-state index is 0.143. The van der Waals surface area contributed by atoms with Crippen molar-refractivity contribution in [2.75, 3.05) is 33.8 Å². The molecule has 2 heterocycles. The molecule has 0 spiro atoms. The van der Waals surface area contributed by atoms with E-state index < -0.39 is 5.54 Å². The van der Waals surface area contributed by atoms with Crippen molar-refractivity contribution in [1.29, 1.82) is 0 Å². The summed E-state index contributed by atoms with van der Waals surface area (Å²) in [5, 5.41) is 0. The second-order valence-electron chi connectivity index (χ2n) is 8.14. The number of hydrogen-bond donors (Lipinski definition) is 1. The van der Waals surface area contributed by atoms with Crippen LogP contribution in [-0.2, 0) is 9.53 Å². The van der Waals surface area contributed by atoms with E-state index in [1.165, 1.54) is 0 Å². The molecular weight excluding hydrogens is 278 g/mol. The van der Waals surface area contributed by atoms with Crippen molar-refractivity contribution in [3.05, 3.63) is 0 Å². The molecule has 0 radical (unpaired) electrons. The molecule has 0 aromatic heterocycles. The number of hydrogen-bond acceptors (Lipinski definition) is 4. The first-order valence-corrected chi connectivity index (χ1v) is 8.66. The van der Waals surface area contributed by atoms with E-state index in [0.29, 0.717) is 6.04 Å². The molecule has 0 aromatic rings. The first-order chi connectivity index (χ1) is 10.3. The summed E-state index contributed by atoms with van der Waals surface area (Å²) >= 11 is 0. The summed E-state index contributed by atoms with van der Waals surface area (Å²) < 4.78 is 5.93. The summed E-state index contributed by atoms with van der Waals surface area (Å²) in [7, 11) is 4.18. The largest absolute Gasteiger partial charge is 0.377 e. The molecule has 1 saturated carbocycles. The molecule has 2 saturated heterocycles. The van der Waals surface area contributed by atoms with Gasteiger partial charge < -0.3 is 20.3 Å². The molecule has 126 valence electrons. The van der Waals surface area contributed by atoms with Gasteiger partial charge in [-0.3, -0.25) is 4.79 Å². The Hall–Kier alpha value is -0.650. The number of carbonyl (C=O) groups is 1. The smallest absolute Gasteiger partial charge is 0.243 e. The van der Waals surface area contributed by atoms with E-state index in [-0.39, 0.29) is 23.3 Å². The molecule has 0 aromatic carbocycles. The van der Waals surface area contributed by atoms with Crippen molar-refractivity contribution in [2.45, 2.75) is 57.2 Å². The van der Waals surface area contributed by atoms with Crippen LogP contribution >= 0.6 is 0 Å². The van der Waals surface area contributed by atoms with Gasteiger partial charge in [0.2, 0.25) is 5.91 Å². The maximum atomic E-state index is 13.3. The normalized spacial score (nSPS) is 41.0. The van der Waals surface area contributed by atoms with Crippen LogP contribution in [0, 0.1) is 11.3 Å². The van der Waals surface area contributed by atoms with Gasteiger partial charge >= 0.3 is 0 Å². The third-order valence-electron chi connectivity index (χ3n) is 6.45. The van der Waals surface area contributed by atoms with Crippen LogP contribution in [0.1, 0.15) is 39.5 Å². The third-order valence-corrected chi connectivity index (χ3v) is 6.45. The predicted molar refractivity (Wildman–Crippen MR) is 86.5 cm³/mol. The zero-order chi connectivity index (χ0) is 16.1. The Kier molecular flexibility index (Phi) is 4.03. The molecule has 1 aliphatic carbocycles. The summed E-state index contributed by atoms with van der Waals surface area (Å²) in [5.41, 5.74) is 5.71. The Morgan fingerprint density at radius 2 is 2.00 bits per heavy atom. The highest BCUT2D eigenvalue weighted by atomic mass is 16.5. The quantitative estimate of drug-likeness (QED) is 0.829. The van der Waals surface area contributed by atoms with Crippen LogP contribution in [0.15, 0.2) is 0 Å². The average molecular weight is 309 g/mol. The van der Waals surface area contributed by atoms with E-state index in [9.17, 15) is 4.79 Å². The van der Waals surface area contributed by atoms with Gasteiger partial charge in [0.05, 0.1) is 6.10 Å². The van der Waals surface area contributed by atoms with Gasteiger partial charge in [-0.1, -0.05) is 13.8 Å². The van der Waals surface area contributed by atoms with Crippen molar-refractivity contribution < 1.29 is 9.53 Å². The topological polar surface area (TPSA) is 58.8 Å². The summed E-state index contributed by atoms with van der Waals surface area (Å²) in [4.78, 5) is 17.5. The second-order valence-corrected chi connectivity index (χ2v) is 8.14. The van der Waals surface area contributed by atoms with E-state index in [1.807, 2.05) is 4.90 Å². The van der Waals surface area contributed by atoms with Crippen molar-refractivity contribution in [3.8, 4) is 0 Å². The molecule has 2 N–H and O–H groups in total. The Balaban J connectivity index is 1.78. The number of nitrogens with two attached hydrogens (primary N) is 1. The lowest BCUT2D eigenvalue weighted by molar-refractivity contribution is -0.230. The van der Waals surface area contributed by atoms with Gasteiger partial charge in [-0.25, -0.2) is 0 Å². The number of likely N-dealkylation sites (tertiary alicyclic amines) is 1. The molecule has 4 atom stereocenters. The fraction of sp³-hybridized carbons (Fsp3) is 0.941. The fourth-order valence-corrected chi connectivity index (χ4v) is 4.83. The highest BCUT2D eigenvalue weighted by Gasteiger charge is 2.70. The van der Waals surface area contributed by atoms with Crippen LogP contribution in [0.25, 0.3) is 0 Å². The van der Waals surface area contributed by atoms with E-state index in [0.717, 1.165) is 45.4 Å². The lowest BCUT2D eigenvalue weighted by atomic mass is 9.46. The molecule has 0 bridgehead atoms. The van der Waals surface area contributed by atoms with E-state index >= 15 is 0 Å². The standard InChI is InChI=1S/C17H31N3O2/c1-16(2)14-13(8-6-10-22-14)17(16,18)15(21)20-9-5-7-12(11-20)19(3)4/h12-14H,5-11,18H2,1-4H3. The van der Waals surface area contributed by atoms with Gasteiger partial charge in [0.1, 0.15) is 5.54 Å². The van der Waals surface area contributed by atoms with E-state index in [4.69, 9.17) is 10.5 Å². The van der Waals surface area contributed by atoms with Gasteiger partial charge in [-0.05, 0) is 39.8 Å². The molecule has 22 heavy (non-hydrogen) atoms. The number of rotatable bonds is 2. The van der Waals surface area contributed by atoms with E-state index in [1.54, 1.807) is 0 Å². The fourth-order valence-electron chi connectivity index (χ4n) is 4.83. The molecule has 5 heteroatoms. The molecule has 3 rings (SSSR count). The molecule has 4 unspecified atom stereocenters. The molecule has 2 aliphatic heterocycles. The van der Waals surface area contributed by atoms with Crippen LogP contribution in [-0.4, -0.2) is 67.2 Å². The van der Waals surface area contributed by atoms with Crippen molar-refractivity contribution in [1.82, 2.24) is 9.80 Å². The maximum absolute atomic E-state index is 13.3. The monoisotopic (exact) mass is 309 g/mol. The number of likely N-dealkylation sites (N-methyl/N-ethyl adjacent to an activating group) is 1. The van der Waals surface area contributed by atoms with E-state index in [2.05, 4.69) is 32.8 Å². The van der Waals surface area contributed by atoms with Gasteiger partial charge in [-0.15, -0.1) is 0 Å². The number of carbonyl (C=O) groups excluding carboxylic acids is 1. The molecule has 3 aliphatic rings. The van der Waals surface area contributed by atoms with Crippen molar-refractivity contribution in [3.63, 3.8) is 0 Å². The zero-order valence-corrected chi connectivity index (χ0v) is 14.5. The zero-order valence-electron chi connectivity index (χ0n) is 14.5. The molecule has 3 fully saturated rings. The SMILES string of the molecule is CN(C)C1CCCN(C(=O)C2(N)C3CCCOC3C2(C)C)C1. The van der Waals surface area contributed by atoms with Crippen LogP contribution < -0.4 is 5.73 Å². The second kappa shape index (κ2) is 5.46. The lowest BCUT2D eigenvalue weighted by Crippen LogP contribution is -2.82. The highest BCUT2D eigenvalue weighted by Crippen LogP contribution is 2.58. The summed E-state index contributed by atoms with van der Waals surface area (Å²) in [6.45, 7) is 6.66.